The highest BCUT2D eigenvalue weighted by molar-refractivity contribution is 5.97. The number of hydrogen-bond donors (Lipinski definition) is 5. The second-order valence-electron chi connectivity index (χ2n) is 14.2. The van der Waals surface area contributed by atoms with Crippen LogP contribution in [0.5, 0.6) is 0 Å². The van der Waals surface area contributed by atoms with Crippen molar-refractivity contribution in [2.75, 3.05) is 19.8 Å². The van der Waals surface area contributed by atoms with Gasteiger partial charge in [0.15, 0.2) is 5.78 Å². The first kappa shape index (κ1) is 37.7. The zero-order chi connectivity index (χ0) is 34.9. The lowest BCUT2D eigenvalue weighted by atomic mass is 9.52. The van der Waals surface area contributed by atoms with Crippen LogP contribution >= 0.6 is 0 Å². The average Bonchev–Trinajstić information content (AvgIpc) is 3.39. The molecule has 2 aliphatic carbocycles. The van der Waals surface area contributed by atoms with Crippen molar-refractivity contribution in [3.05, 3.63) is 94.1 Å². The summed E-state index contributed by atoms with van der Waals surface area (Å²) in [5.41, 5.74) is 16.2. The predicted molar refractivity (Wildman–Crippen MR) is 192 cm³/mol. The van der Waals surface area contributed by atoms with Gasteiger partial charge in [0.05, 0.1) is 24.5 Å². The number of hydrogen-bond acceptors (Lipinski definition) is 7. The van der Waals surface area contributed by atoms with Gasteiger partial charge < -0.3 is 31.5 Å². The van der Waals surface area contributed by atoms with Gasteiger partial charge in [-0.05, 0) is 100 Å². The Morgan fingerprint density at radius 3 is 2.75 bits per heavy atom. The number of ether oxygens (including phenoxy) is 1. The molecule has 1 spiro atoms. The molecule has 5 unspecified atom stereocenters. The molecule has 2 saturated carbocycles. The Morgan fingerprint density at radius 1 is 1.21 bits per heavy atom. The molecule has 0 radical (unpaired) electrons. The standard InChI is InChI=1S/C41H56N2O5/c1-28-11-5-6-24-48-27-33(17-8-14-29(2)13-7-12-28)35-20-22-41(38(35)46)36(18-10-23-44)34(19-21-40(41,4)47)30(3)37(45)26-31-15-9-16-32(25-31)39(42)43/h8-9,12,14-17,25,35-36,38-39,44,46-47H,2,7,10-11,13,18-24,26-27,42-43H2,1,3-4H3. The molecule has 7 nitrogen and oxygen atoms in total. The first-order chi connectivity index (χ1) is 22.9. The van der Waals surface area contributed by atoms with Gasteiger partial charge in [-0.15, -0.1) is 0 Å². The van der Waals surface area contributed by atoms with E-state index in [2.05, 4.69) is 31.4 Å². The van der Waals surface area contributed by atoms with Crippen LogP contribution in [-0.4, -0.2) is 52.6 Å². The Balaban J connectivity index is 1.68. The molecular formula is C41H56N2O5. The molecule has 5 atom stereocenters. The number of rotatable bonds is 8. The summed E-state index contributed by atoms with van der Waals surface area (Å²) in [5, 5.41) is 34.6. The summed E-state index contributed by atoms with van der Waals surface area (Å²) in [6.07, 6.45) is 12.7. The maximum Gasteiger partial charge on any atom is 0.162 e. The Hall–Kier alpha value is -3.09. The van der Waals surface area contributed by atoms with E-state index < -0.39 is 23.3 Å². The van der Waals surface area contributed by atoms with Gasteiger partial charge in [0.1, 0.15) is 6.61 Å². The zero-order valence-corrected chi connectivity index (χ0v) is 29.1. The van der Waals surface area contributed by atoms with Crippen molar-refractivity contribution in [2.45, 2.75) is 103 Å². The van der Waals surface area contributed by atoms with Crippen LogP contribution in [-0.2, 0) is 16.0 Å². The van der Waals surface area contributed by atoms with Crippen molar-refractivity contribution in [2.24, 2.45) is 28.7 Å². The second kappa shape index (κ2) is 17.0. The number of benzene rings is 1. The van der Waals surface area contributed by atoms with Crippen LogP contribution in [0.25, 0.3) is 0 Å². The minimum absolute atomic E-state index is 0.00251. The number of carbonyl (C=O) groups is 1. The lowest BCUT2D eigenvalue weighted by Crippen LogP contribution is -2.59. The number of carbonyl (C=O) groups excluding carboxylic acids is 1. The number of Topliss-reactive ketones (excluding diaryl/α,β-unsaturated/α-hetero) is 1. The number of ketones is 1. The molecule has 7 heteroatoms. The topological polar surface area (TPSA) is 139 Å². The van der Waals surface area contributed by atoms with Crippen molar-refractivity contribution < 1.29 is 24.9 Å². The summed E-state index contributed by atoms with van der Waals surface area (Å²) < 4.78 is 6.04. The number of allylic oxidation sites excluding steroid dienone is 8. The number of aliphatic hydroxyl groups excluding tert-OH is 2. The maximum absolute atomic E-state index is 13.8. The van der Waals surface area contributed by atoms with E-state index in [-0.39, 0.29) is 30.6 Å². The Labute approximate surface area is 287 Å². The summed E-state index contributed by atoms with van der Waals surface area (Å²) in [5.74, 6) is 5.78. The lowest BCUT2D eigenvalue weighted by Gasteiger charge is -2.55. The van der Waals surface area contributed by atoms with E-state index in [1.165, 1.54) is 5.57 Å². The van der Waals surface area contributed by atoms with Gasteiger partial charge in [0.25, 0.3) is 0 Å². The van der Waals surface area contributed by atoms with Crippen LogP contribution in [0.15, 0.2) is 83.0 Å². The molecule has 0 aromatic heterocycles. The molecule has 1 aliphatic heterocycles. The van der Waals surface area contributed by atoms with Gasteiger partial charge >= 0.3 is 0 Å². The second-order valence-corrected chi connectivity index (χ2v) is 14.2. The minimum atomic E-state index is -1.18. The first-order valence-corrected chi connectivity index (χ1v) is 17.5. The fourth-order valence-corrected chi connectivity index (χ4v) is 8.19. The largest absolute Gasteiger partial charge is 0.396 e. The monoisotopic (exact) mass is 656 g/mol. The minimum Gasteiger partial charge on any atom is -0.396 e. The zero-order valence-electron chi connectivity index (χ0n) is 29.1. The molecule has 1 aromatic rings. The van der Waals surface area contributed by atoms with Crippen molar-refractivity contribution in [1.29, 1.82) is 0 Å². The third kappa shape index (κ3) is 8.73. The van der Waals surface area contributed by atoms with E-state index in [4.69, 9.17) is 16.2 Å². The molecule has 7 N–H and O–H groups in total. The molecule has 1 aromatic carbocycles. The molecule has 48 heavy (non-hydrogen) atoms. The lowest BCUT2D eigenvalue weighted by molar-refractivity contribution is -0.167. The van der Waals surface area contributed by atoms with Crippen molar-refractivity contribution in [3.63, 3.8) is 0 Å². The van der Waals surface area contributed by atoms with E-state index in [1.807, 2.05) is 56.3 Å². The van der Waals surface area contributed by atoms with E-state index in [0.717, 1.165) is 40.7 Å². The predicted octanol–water partition coefficient (Wildman–Crippen LogP) is 5.91. The summed E-state index contributed by atoms with van der Waals surface area (Å²) in [4.78, 5) is 13.8. The molecule has 4 rings (SSSR count). The fourth-order valence-electron chi connectivity index (χ4n) is 8.19. The van der Waals surface area contributed by atoms with Gasteiger partial charge in [-0.3, -0.25) is 4.79 Å². The van der Waals surface area contributed by atoms with Crippen molar-refractivity contribution in [1.82, 2.24) is 0 Å². The Kier molecular flexibility index (Phi) is 13.4. The van der Waals surface area contributed by atoms with Crippen LogP contribution in [0.1, 0.15) is 95.9 Å². The van der Waals surface area contributed by atoms with E-state index in [0.29, 0.717) is 63.7 Å². The Bertz CT molecular complexity index is 1500. The molecule has 0 saturated heterocycles. The van der Waals surface area contributed by atoms with Crippen LogP contribution in [0.2, 0.25) is 0 Å². The smallest absolute Gasteiger partial charge is 0.162 e. The highest BCUT2D eigenvalue weighted by Crippen LogP contribution is 2.63. The van der Waals surface area contributed by atoms with Crippen LogP contribution in [0.3, 0.4) is 0 Å². The summed E-state index contributed by atoms with van der Waals surface area (Å²) in [6.45, 7) is 10.6. The van der Waals surface area contributed by atoms with Gasteiger partial charge in [0, 0.05) is 30.8 Å². The SMILES string of the molecule is C=C1C=CC=C(C2CCC3(C(CCCO)C(=C(C)C(=O)Cc4cccc(C(N)N)c4)CCC3(C)O)C2O)COCC#CCC(C)=CCC1. The van der Waals surface area contributed by atoms with E-state index in [9.17, 15) is 20.1 Å². The van der Waals surface area contributed by atoms with Gasteiger partial charge in [-0.1, -0.05) is 83.7 Å². The maximum atomic E-state index is 13.8. The highest BCUT2D eigenvalue weighted by Gasteiger charge is 2.64. The molecule has 0 bridgehead atoms. The van der Waals surface area contributed by atoms with Gasteiger partial charge in [0.2, 0.25) is 0 Å². The van der Waals surface area contributed by atoms with Crippen molar-refractivity contribution in [3.8, 4) is 11.8 Å². The third-order valence-corrected chi connectivity index (χ3v) is 11.0. The highest BCUT2D eigenvalue weighted by atomic mass is 16.5. The van der Waals surface area contributed by atoms with Crippen LogP contribution in [0.4, 0.5) is 0 Å². The van der Waals surface area contributed by atoms with Crippen LogP contribution in [0, 0.1) is 29.1 Å². The average molecular weight is 657 g/mol. The molecule has 1 heterocycles. The first-order valence-electron chi connectivity index (χ1n) is 17.5. The van der Waals surface area contributed by atoms with Crippen LogP contribution < -0.4 is 11.5 Å². The molecular weight excluding hydrogens is 600 g/mol. The summed E-state index contributed by atoms with van der Waals surface area (Å²) >= 11 is 0. The fraction of sp³-hybridized carbons (Fsp3) is 0.537. The molecule has 0 amide bonds. The number of nitrogens with two attached hydrogens (primary N) is 2. The Morgan fingerprint density at radius 2 is 2.00 bits per heavy atom. The summed E-state index contributed by atoms with van der Waals surface area (Å²) in [7, 11) is 0. The van der Waals surface area contributed by atoms with Gasteiger partial charge in [-0.2, -0.15) is 0 Å². The quantitative estimate of drug-likeness (QED) is 0.101. The third-order valence-electron chi connectivity index (χ3n) is 11.0. The van der Waals surface area contributed by atoms with Gasteiger partial charge in [-0.25, -0.2) is 0 Å². The summed E-state index contributed by atoms with van der Waals surface area (Å²) in [6, 6.07) is 7.49. The molecule has 3 aliphatic rings. The molecule has 2 fully saturated rings. The van der Waals surface area contributed by atoms with E-state index in [1.54, 1.807) is 0 Å². The number of aliphatic hydroxyl groups is 3. The normalized spacial score (nSPS) is 29.9. The van der Waals surface area contributed by atoms with E-state index >= 15 is 0 Å². The molecule has 260 valence electrons. The van der Waals surface area contributed by atoms with Crippen molar-refractivity contribution >= 4 is 5.78 Å².